The summed E-state index contributed by atoms with van der Waals surface area (Å²) >= 11 is 0. The summed E-state index contributed by atoms with van der Waals surface area (Å²) in [6.45, 7) is 9.72. The summed E-state index contributed by atoms with van der Waals surface area (Å²) in [6.07, 6.45) is 10.5. The van der Waals surface area contributed by atoms with Crippen LogP contribution in [-0.4, -0.2) is 63.5 Å². The predicted molar refractivity (Wildman–Crippen MR) is 141 cm³/mol. The molecule has 1 atom stereocenters. The molecule has 1 aliphatic carbocycles. The van der Waals surface area contributed by atoms with Gasteiger partial charge in [-0.2, -0.15) is 9.67 Å². The monoisotopic (exact) mass is 492 g/mol. The van der Waals surface area contributed by atoms with E-state index in [0.717, 1.165) is 31.1 Å². The highest BCUT2D eigenvalue weighted by molar-refractivity contribution is 5.65. The number of hydrogen-bond donors (Lipinski definition) is 2. The molecule has 1 aromatic heterocycles. The number of ether oxygens (including phenoxy) is 2. The average molecular weight is 493 g/mol. The van der Waals surface area contributed by atoms with Crippen LogP contribution in [0.5, 0.6) is 5.75 Å². The molecule has 1 aromatic carbocycles. The molecule has 2 heterocycles. The minimum Gasteiger partial charge on any atom is -0.492 e. The van der Waals surface area contributed by atoms with Crippen LogP contribution in [0.3, 0.4) is 0 Å². The fraction of sp³-hybridized carbons (Fsp3) is 0.481. The van der Waals surface area contributed by atoms with Crippen LogP contribution in [0.15, 0.2) is 53.8 Å². The minimum absolute atomic E-state index is 0.228. The number of aromatic nitrogens is 3. The number of hydrogen-bond acceptors (Lipinski definition) is 8. The lowest BCUT2D eigenvalue weighted by molar-refractivity contribution is 0.131. The molecule has 3 N–H and O–H groups in total. The van der Waals surface area contributed by atoms with Crippen LogP contribution in [0.4, 0.5) is 11.9 Å². The lowest BCUT2D eigenvalue weighted by Gasteiger charge is -2.21. The third-order valence-electron chi connectivity index (χ3n) is 6.00. The summed E-state index contributed by atoms with van der Waals surface area (Å²) in [5, 5.41) is 7.62. The normalized spacial score (nSPS) is 18.8. The molecular weight excluding hydrogens is 456 g/mol. The van der Waals surface area contributed by atoms with E-state index in [4.69, 9.17) is 15.2 Å². The smallest absolute Gasteiger partial charge is 0.245 e. The van der Waals surface area contributed by atoms with Gasteiger partial charge in [0.05, 0.1) is 17.3 Å². The van der Waals surface area contributed by atoms with Gasteiger partial charge in [-0.05, 0) is 83.1 Å². The largest absolute Gasteiger partial charge is 0.492 e. The average Bonchev–Trinajstić information content (AvgIpc) is 3.02. The number of likely N-dealkylation sites (tertiary alicyclic amines) is 1. The van der Waals surface area contributed by atoms with Gasteiger partial charge in [-0.3, -0.25) is 4.90 Å². The SMILES string of the molecule is CC(C)(C)Oc1ccc(-n2nc(NC3C=CC(OCCN4CCCCCC4)=CC3=C=O)nc2N)cc1. The van der Waals surface area contributed by atoms with Gasteiger partial charge >= 0.3 is 0 Å². The first-order valence-electron chi connectivity index (χ1n) is 12.6. The Hall–Kier alpha value is -3.55. The molecule has 9 nitrogen and oxygen atoms in total. The maximum absolute atomic E-state index is 11.7. The van der Waals surface area contributed by atoms with Gasteiger partial charge in [0.2, 0.25) is 11.9 Å². The first-order chi connectivity index (χ1) is 17.3. The lowest BCUT2D eigenvalue weighted by Crippen LogP contribution is -2.28. The molecule has 2 aromatic rings. The van der Waals surface area contributed by atoms with Crippen LogP contribution in [0, 0.1) is 0 Å². The zero-order valence-corrected chi connectivity index (χ0v) is 21.4. The molecule has 0 radical (unpaired) electrons. The highest BCUT2D eigenvalue weighted by Gasteiger charge is 2.20. The van der Waals surface area contributed by atoms with Crippen molar-refractivity contribution >= 4 is 17.8 Å². The van der Waals surface area contributed by atoms with Crippen molar-refractivity contribution in [1.82, 2.24) is 19.7 Å². The maximum atomic E-state index is 11.7. The van der Waals surface area contributed by atoms with Gasteiger partial charge in [0.15, 0.2) is 0 Å². The molecular formula is C27H36N6O3. The number of carbonyl (C=O) groups excluding carboxylic acids is 1. The van der Waals surface area contributed by atoms with E-state index in [-0.39, 0.29) is 11.5 Å². The quantitative estimate of drug-likeness (QED) is 0.534. The molecule has 0 spiro atoms. The molecule has 36 heavy (non-hydrogen) atoms. The third-order valence-corrected chi connectivity index (χ3v) is 6.00. The Labute approximate surface area is 212 Å². The second kappa shape index (κ2) is 11.5. The number of benzene rings is 1. The zero-order chi connectivity index (χ0) is 25.5. The first kappa shape index (κ1) is 25.5. The van der Waals surface area contributed by atoms with Gasteiger partial charge in [0.1, 0.15) is 29.7 Å². The van der Waals surface area contributed by atoms with Crippen molar-refractivity contribution in [3.05, 3.63) is 53.8 Å². The molecule has 1 aliphatic heterocycles. The van der Waals surface area contributed by atoms with Crippen molar-refractivity contribution in [2.24, 2.45) is 0 Å². The van der Waals surface area contributed by atoms with E-state index >= 15 is 0 Å². The van der Waals surface area contributed by atoms with E-state index in [1.807, 2.05) is 63.1 Å². The van der Waals surface area contributed by atoms with Crippen molar-refractivity contribution in [3.63, 3.8) is 0 Å². The highest BCUT2D eigenvalue weighted by Crippen LogP contribution is 2.23. The molecule has 2 aliphatic rings. The summed E-state index contributed by atoms with van der Waals surface area (Å²) in [5.41, 5.74) is 7.00. The van der Waals surface area contributed by atoms with Gasteiger partial charge in [0, 0.05) is 6.54 Å². The van der Waals surface area contributed by atoms with E-state index in [1.54, 1.807) is 6.08 Å². The van der Waals surface area contributed by atoms with Crippen LogP contribution < -0.4 is 15.8 Å². The number of nitrogens with one attached hydrogen (secondary N) is 1. The van der Waals surface area contributed by atoms with Crippen molar-refractivity contribution in [3.8, 4) is 11.4 Å². The fourth-order valence-corrected chi connectivity index (χ4v) is 4.27. The topological polar surface area (TPSA) is 108 Å². The van der Waals surface area contributed by atoms with Crippen LogP contribution in [-0.2, 0) is 9.53 Å². The second-order valence-electron chi connectivity index (χ2n) is 10.1. The van der Waals surface area contributed by atoms with Crippen molar-refractivity contribution in [1.29, 1.82) is 0 Å². The van der Waals surface area contributed by atoms with Gasteiger partial charge in [0.25, 0.3) is 0 Å². The number of nitrogens with zero attached hydrogens (tertiary/aromatic N) is 4. The van der Waals surface area contributed by atoms with Gasteiger partial charge in [-0.15, -0.1) is 5.10 Å². The van der Waals surface area contributed by atoms with Crippen molar-refractivity contribution in [2.45, 2.75) is 58.1 Å². The number of anilines is 2. The predicted octanol–water partition coefficient (Wildman–Crippen LogP) is 3.91. The third kappa shape index (κ3) is 6.99. The minimum atomic E-state index is -0.432. The molecule has 4 rings (SSSR count). The lowest BCUT2D eigenvalue weighted by atomic mass is 10.0. The highest BCUT2D eigenvalue weighted by atomic mass is 16.5. The molecule has 9 heteroatoms. The summed E-state index contributed by atoms with van der Waals surface area (Å²) in [5.74, 6) is 3.95. The van der Waals surface area contributed by atoms with Gasteiger partial charge in [-0.1, -0.05) is 18.9 Å². The van der Waals surface area contributed by atoms with Crippen molar-refractivity contribution < 1.29 is 14.3 Å². The number of rotatable bonds is 8. The number of nitrogens with two attached hydrogens (primary N) is 1. The van der Waals surface area contributed by atoms with E-state index in [9.17, 15) is 4.79 Å². The second-order valence-corrected chi connectivity index (χ2v) is 10.1. The molecule has 1 unspecified atom stereocenters. The van der Waals surface area contributed by atoms with Crippen LogP contribution in [0.1, 0.15) is 46.5 Å². The van der Waals surface area contributed by atoms with Crippen LogP contribution >= 0.6 is 0 Å². The fourth-order valence-electron chi connectivity index (χ4n) is 4.27. The molecule has 0 bridgehead atoms. The Morgan fingerprint density at radius 2 is 1.86 bits per heavy atom. The summed E-state index contributed by atoms with van der Waals surface area (Å²) in [4.78, 5) is 18.4. The van der Waals surface area contributed by atoms with Gasteiger partial charge in [-0.25, -0.2) is 4.79 Å². The Kier molecular flexibility index (Phi) is 8.13. The summed E-state index contributed by atoms with van der Waals surface area (Å²) in [7, 11) is 0. The first-order valence-corrected chi connectivity index (χ1v) is 12.6. The number of nitrogen functional groups attached to an aromatic ring is 1. The maximum Gasteiger partial charge on any atom is 0.245 e. The van der Waals surface area contributed by atoms with E-state index in [0.29, 0.717) is 23.9 Å². The molecule has 1 saturated heterocycles. The zero-order valence-electron chi connectivity index (χ0n) is 21.4. The Bertz CT molecular complexity index is 1130. The molecule has 192 valence electrons. The van der Waals surface area contributed by atoms with Crippen LogP contribution in [0.25, 0.3) is 5.69 Å². The standard InChI is InChI=1S/C27H36N6O3/c1-27(2,3)36-22-10-8-21(9-11-22)33-25(28)30-26(31-33)29-24-13-12-23(18-20(24)19-34)35-17-16-32-14-6-4-5-7-15-32/h8-13,18,24H,4-7,14-17H2,1-3H3,(H3,28,29,30,31). The Morgan fingerprint density at radius 1 is 1.14 bits per heavy atom. The van der Waals surface area contributed by atoms with E-state index in [2.05, 4.69) is 20.3 Å². The van der Waals surface area contributed by atoms with E-state index < -0.39 is 6.04 Å². The molecule has 0 amide bonds. The van der Waals surface area contributed by atoms with Crippen molar-refractivity contribution in [2.75, 3.05) is 37.3 Å². The van der Waals surface area contributed by atoms with Crippen LogP contribution in [0.2, 0.25) is 0 Å². The molecule has 1 fully saturated rings. The number of allylic oxidation sites excluding steroid dienone is 1. The molecule has 0 saturated carbocycles. The van der Waals surface area contributed by atoms with E-state index in [1.165, 1.54) is 30.4 Å². The van der Waals surface area contributed by atoms with Gasteiger partial charge < -0.3 is 20.5 Å². The Balaban J connectivity index is 1.35. The Morgan fingerprint density at radius 3 is 2.53 bits per heavy atom. The summed E-state index contributed by atoms with van der Waals surface area (Å²) in [6, 6.07) is 7.03. The summed E-state index contributed by atoms with van der Waals surface area (Å²) < 4.78 is 13.3.